The standard InChI is InChI=1S/C15H14N4S/c1-10-6-7-14(17-9-10)19-12-5-3-2-4-11(12)18-15(19)8-13(16)20/h2-7,9H,8H2,1H3,(H2,16,20). The van der Waals surface area contributed by atoms with E-state index in [0.717, 1.165) is 28.2 Å². The van der Waals surface area contributed by atoms with Crippen molar-refractivity contribution in [3.8, 4) is 5.82 Å². The average Bonchev–Trinajstić information content (AvgIpc) is 2.77. The van der Waals surface area contributed by atoms with Crippen molar-refractivity contribution >= 4 is 28.2 Å². The zero-order valence-corrected chi connectivity index (χ0v) is 11.9. The topological polar surface area (TPSA) is 56.7 Å². The Morgan fingerprint density at radius 2 is 2.05 bits per heavy atom. The lowest BCUT2D eigenvalue weighted by atomic mass is 10.3. The van der Waals surface area contributed by atoms with Crippen molar-refractivity contribution in [3.05, 3.63) is 54.0 Å². The van der Waals surface area contributed by atoms with Gasteiger partial charge in [0.1, 0.15) is 11.6 Å². The van der Waals surface area contributed by atoms with E-state index in [1.165, 1.54) is 0 Å². The maximum Gasteiger partial charge on any atom is 0.138 e. The molecule has 2 N–H and O–H groups in total. The first-order valence-electron chi connectivity index (χ1n) is 6.33. The molecule has 0 unspecified atom stereocenters. The average molecular weight is 282 g/mol. The highest BCUT2D eigenvalue weighted by atomic mass is 32.1. The van der Waals surface area contributed by atoms with Gasteiger partial charge in [-0.15, -0.1) is 0 Å². The number of aryl methyl sites for hydroxylation is 1. The van der Waals surface area contributed by atoms with Gasteiger partial charge in [-0.3, -0.25) is 4.57 Å². The molecule has 3 aromatic rings. The number of aromatic nitrogens is 3. The molecule has 20 heavy (non-hydrogen) atoms. The molecule has 0 radical (unpaired) electrons. The highest BCUT2D eigenvalue weighted by molar-refractivity contribution is 7.80. The van der Waals surface area contributed by atoms with E-state index in [2.05, 4.69) is 9.97 Å². The van der Waals surface area contributed by atoms with Crippen molar-refractivity contribution < 1.29 is 0 Å². The minimum absolute atomic E-state index is 0.425. The Kier molecular flexibility index (Phi) is 3.20. The molecule has 2 aromatic heterocycles. The summed E-state index contributed by atoms with van der Waals surface area (Å²) in [5.74, 6) is 1.64. The van der Waals surface area contributed by atoms with Crippen LogP contribution in [0.25, 0.3) is 16.9 Å². The van der Waals surface area contributed by atoms with Crippen LogP contribution in [0, 0.1) is 6.92 Å². The van der Waals surface area contributed by atoms with Crippen molar-refractivity contribution in [2.75, 3.05) is 0 Å². The van der Waals surface area contributed by atoms with E-state index in [1.807, 2.05) is 54.1 Å². The molecule has 0 aliphatic rings. The largest absolute Gasteiger partial charge is 0.393 e. The highest BCUT2D eigenvalue weighted by Crippen LogP contribution is 2.20. The monoisotopic (exact) mass is 282 g/mol. The molecule has 0 bridgehead atoms. The van der Waals surface area contributed by atoms with Crippen molar-refractivity contribution in [3.63, 3.8) is 0 Å². The van der Waals surface area contributed by atoms with E-state index < -0.39 is 0 Å². The zero-order valence-electron chi connectivity index (χ0n) is 11.1. The van der Waals surface area contributed by atoms with Gasteiger partial charge in [0.05, 0.1) is 22.4 Å². The number of fused-ring (bicyclic) bond motifs is 1. The molecule has 0 fully saturated rings. The predicted molar refractivity (Wildman–Crippen MR) is 84.1 cm³/mol. The van der Waals surface area contributed by atoms with E-state index in [-0.39, 0.29) is 0 Å². The summed E-state index contributed by atoms with van der Waals surface area (Å²) in [6.07, 6.45) is 2.30. The van der Waals surface area contributed by atoms with Gasteiger partial charge in [0.25, 0.3) is 0 Å². The van der Waals surface area contributed by atoms with E-state index in [1.54, 1.807) is 0 Å². The summed E-state index contributed by atoms with van der Waals surface area (Å²) in [5, 5.41) is 0. The van der Waals surface area contributed by atoms with Crippen LogP contribution >= 0.6 is 12.2 Å². The molecule has 0 amide bonds. The number of hydrogen-bond donors (Lipinski definition) is 1. The Hall–Kier alpha value is -2.27. The molecule has 5 heteroatoms. The van der Waals surface area contributed by atoms with Crippen LogP contribution in [0.3, 0.4) is 0 Å². The van der Waals surface area contributed by atoms with Crippen LogP contribution in [0.4, 0.5) is 0 Å². The van der Waals surface area contributed by atoms with Gasteiger partial charge < -0.3 is 5.73 Å². The van der Waals surface area contributed by atoms with Gasteiger partial charge in [0.15, 0.2) is 0 Å². The van der Waals surface area contributed by atoms with Gasteiger partial charge in [0.2, 0.25) is 0 Å². The molecule has 100 valence electrons. The fraction of sp³-hybridized carbons (Fsp3) is 0.133. The Morgan fingerprint density at radius 1 is 1.25 bits per heavy atom. The number of para-hydroxylation sites is 2. The van der Waals surface area contributed by atoms with E-state index in [4.69, 9.17) is 18.0 Å². The number of hydrogen-bond acceptors (Lipinski definition) is 3. The normalized spacial score (nSPS) is 10.8. The van der Waals surface area contributed by atoms with Crippen molar-refractivity contribution in [2.45, 2.75) is 13.3 Å². The SMILES string of the molecule is Cc1ccc(-n2c(CC(N)=S)nc3ccccc32)nc1. The second kappa shape index (κ2) is 5.02. The predicted octanol–water partition coefficient (Wildman–Crippen LogP) is 2.56. The minimum Gasteiger partial charge on any atom is -0.393 e. The van der Waals surface area contributed by atoms with Gasteiger partial charge >= 0.3 is 0 Å². The first kappa shape index (κ1) is 12.7. The second-order valence-corrected chi connectivity index (χ2v) is 5.21. The van der Waals surface area contributed by atoms with Crippen LogP contribution in [-0.4, -0.2) is 19.5 Å². The molecule has 0 aliphatic carbocycles. The number of thiocarbonyl (C=S) groups is 1. The fourth-order valence-electron chi connectivity index (χ4n) is 2.20. The summed E-state index contributed by atoms with van der Waals surface area (Å²) in [7, 11) is 0. The molecule has 0 saturated carbocycles. The van der Waals surface area contributed by atoms with Crippen molar-refractivity contribution in [1.82, 2.24) is 14.5 Å². The van der Waals surface area contributed by atoms with E-state index in [9.17, 15) is 0 Å². The molecule has 0 aliphatic heterocycles. The number of benzene rings is 1. The zero-order chi connectivity index (χ0) is 14.1. The van der Waals surface area contributed by atoms with Crippen LogP contribution < -0.4 is 5.73 Å². The molecule has 3 rings (SSSR count). The molecule has 0 atom stereocenters. The Labute approximate surface area is 122 Å². The molecular weight excluding hydrogens is 268 g/mol. The summed E-state index contributed by atoms with van der Waals surface area (Å²) in [5.41, 5.74) is 8.72. The summed E-state index contributed by atoms with van der Waals surface area (Å²) >= 11 is 5.02. The first-order chi connectivity index (χ1) is 9.65. The third kappa shape index (κ3) is 2.28. The highest BCUT2D eigenvalue weighted by Gasteiger charge is 2.13. The van der Waals surface area contributed by atoms with Gasteiger partial charge in [-0.1, -0.05) is 30.4 Å². The Morgan fingerprint density at radius 3 is 2.75 bits per heavy atom. The van der Waals surface area contributed by atoms with Crippen molar-refractivity contribution in [1.29, 1.82) is 0 Å². The lowest BCUT2D eigenvalue weighted by Gasteiger charge is -2.08. The molecule has 0 saturated heterocycles. The maximum absolute atomic E-state index is 5.68. The molecule has 4 nitrogen and oxygen atoms in total. The lowest BCUT2D eigenvalue weighted by Crippen LogP contribution is -2.15. The van der Waals surface area contributed by atoms with Crippen LogP contribution in [0.15, 0.2) is 42.6 Å². The molecule has 2 heterocycles. The van der Waals surface area contributed by atoms with Crippen LogP contribution in [0.1, 0.15) is 11.4 Å². The molecule has 0 spiro atoms. The van der Waals surface area contributed by atoms with E-state index in [0.29, 0.717) is 11.4 Å². The number of pyridine rings is 1. The Bertz CT molecular complexity index is 774. The third-order valence-electron chi connectivity index (χ3n) is 3.09. The summed E-state index contributed by atoms with van der Waals surface area (Å²) in [4.78, 5) is 9.51. The lowest BCUT2D eigenvalue weighted by molar-refractivity contribution is 0.929. The number of nitrogens with two attached hydrogens (primary N) is 1. The van der Waals surface area contributed by atoms with Crippen LogP contribution in [0.5, 0.6) is 0 Å². The number of nitrogens with zero attached hydrogens (tertiary/aromatic N) is 3. The second-order valence-electron chi connectivity index (χ2n) is 4.69. The summed E-state index contributed by atoms with van der Waals surface area (Å²) < 4.78 is 2.01. The summed E-state index contributed by atoms with van der Waals surface area (Å²) in [6.45, 7) is 2.01. The summed E-state index contributed by atoms with van der Waals surface area (Å²) in [6, 6.07) is 12.0. The van der Waals surface area contributed by atoms with Crippen LogP contribution in [-0.2, 0) is 6.42 Å². The van der Waals surface area contributed by atoms with Gasteiger partial charge in [-0.05, 0) is 30.7 Å². The van der Waals surface area contributed by atoms with Gasteiger partial charge in [-0.25, -0.2) is 9.97 Å². The third-order valence-corrected chi connectivity index (χ3v) is 3.23. The first-order valence-corrected chi connectivity index (χ1v) is 6.73. The maximum atomic E-state index is 5.68. The van der Waals surface area contributed by atoms with E-state index >= 15 is 0 Å². The minimum atomic E-state index is 0.425. The van der Waals surface area contributed by atoms with Crippen LogP contribution in [0.2, 0.25) is 0 Å². The number of imidazole rings is 1. The van der Waals surface area contributed by atoms with Gasteiger partial charge in [0, 0.05) is 6.20 Å². The smallest absolute Gasteiger partial charge is 0.138 e. The number of rotatable bonds is 3. The fourth-order valence-corrected chi connectivity index (χ4v) is 2.33. The molecule has 1 aromatic carbocycles. The Balaban J connectivity index is 2.25. The van der Waals surface area contributed by atoms with Gasteiger partial charge in [-0.2, -0.15) is 0 Å². The quantitative estimate of drug-likeness (QED) is 0.750. The molecular formula is C15H14N4S. The van der Waals surface area contributed by atoms with Crippen molar-refractivity contribution in [2.24, 2.45) is 5.73 Å².